The van der Waals surface area contributed by atoms with Gasteiger partial charge in [0, 0.05) is 38.3 Å². The smallest absolute Gasteiger partial charge is 0.196 e. The van der Waals surface area contributed by atoms with Gasteiger partial charge in [0.1, 0.15) is 5.75 Å². The number of para-hydroxylation sites is 1. The Balaban J connectivity index is 1.76. The molecule has 0 amide bonds. The number of ether oxygens (including phenoxy) is 1. The molecule has 3 rings (SSSR count). The molecule has 0 aliphatic carbocycles. The molecule has 0 aromatic heterocycles. The molecular formula is C20H24N2O2. The van der Waals surface area contributed by atoms with Crippen LogP contribution in [0, 0.1) is 0 Å². The number of carbonyl (C=O) groups is 1. The van der Waals surface area contributed by atoms with Crippen LogP contribution in [-0.2, 0) is 6.54 Å². The summed E-state index contributed by atoms with van der Waals surface area (Å²) in [6.07, 6.45) is 0. The number of ketones is 1. The normalized spacial score (nSPS) is 16.1. The second kappa shape index (κ2) is 7.60. The van der Waals surface area contributed by atoms with E-state index in [0.717, 1.165) is 32.7 Å². The average molecular weight is 324 g/mol. The number of hydrogen-bond acceptors (Lipinski definition) is 4. The highest BCUT2D eigenvalue weighted by molar-refractivity contribution is 6.10. The summed E-state index contributed by atoms with van der Waals surface area (Å²) in [5, 5.41) is 0. The summed E-state index contributed by atoms with van der Waals surface area (Å²) in [4.78, 5) is 17.6. The van der Waals surface area contributed by atoms with E-state index in [1.807, 2.05) is 42.5 Å². The fraction of sp³-hybridized carbons (Fsp3) is 0.350. The summed E-state index contributed by atoms with van der Waals surface area (Å²) >= 11 is 0. The van der Waals surface area contributed by atoms with Gasteiger partial charge < -0.3 is 9.64 Å². The van der Waals surface area contributed by atoms with Gasteiger partial charge in [0.25, 0.3) is 0 Å². The van der Waals surface area contributed by atoms with Gasteiger partial charge in [-0.3, -0.25) is 9.69 Å². The molecule has 0 unspecified atom stereocenters. The molecule has 1 heterocycles. The fourth-order valence-corrected chi connectivity index (χ4v) is 3.06. The van der Waals surface area contributed by atoms with Crippen molar-refractivity contribution in [2.75, 3.05) is 40.3 Å². The molecule has 0 atom stereocenters. The number of hydrogen-bond donors (Lipinski definition) is 0. The van der Waals surface area contributed by atoms with Crippen LogP contribution in [0.2, 0.25) is 0 Å². The first-order valence-electron chi connectivity index (χ1n) is 8.35. The summed E-state index contributed by atoms with van der Waals surface area (Å²) < 4.78 is 5.32. The van der Waals surface area contributed by atoms with Gasteiger partial charge in [0.2, 0.25) is 0 Å². The van der Waals surface area contributed by atoms with E-state index in [-0.39, 0.29) is 5.78 Å². The molecule has 1 fully saturated rings. The van der Waals surface area contributed by atoms with Crippen LogP contribution in [0.15, 0.2) is 48.5 Å². The molecule has 4 nitrogen and oxygen atoms in total. The highest BCUT2D eigenvalue weighted by Crippen LogP contribution is 2.22. The van der Waals surface area contributed by atoms with Gasteiger partial charge in [-0.2, -0.15) is 0 Å². The van der Waals surface area contributed by atoms with Crippen LogP contribution >= 0.6 is 0 Å². The molecule has 2 aromatic rings. The predicted octanol–water partition coefficient (Wildman–Crippen LogP) is 2.67. The van der Waals surface area contributed by atoms with E-state index in [2.05, 4.69) is 22.9 Å². The fourth-order valence-electron chi connectivity index (χ4n) is 3.06. The van der Waals surface area contributed by atoms with Crippen LogP contribution in [0.5, 0.6) is 5.75 Å². The Morgan fingerprint density at radius 1 is 1.04 bits per heavy atom. The summed E-state index contributed by atoms with van der Waals surface area (Å²) in [6, 6.07) is 15.3. The minimum absolute atomic E-state index is 0.00711. The van der Waals surface area contributed by atoms with Gasteiger partial charge in [0.15, 0.2) is 5.78 Å². The molecule has 1 aliphatic heterocycles. The third-order valence-corrected chi connectivity index (χ3v) is 4.54. The zero-order valence-electron chi connectivity index (χ0n) is 14.4. The van der Waals surface area contributed by atoms with Crippen LogP contribution < -0.4 is 4.74 Å². The zero-order valence-corrected chi connectivity index (χ0v) is 14.4. The number of methoxy groups -OCH3 is 1. The summed E-state index contributed by atoms with van der Waals surface area (Å²) in [7, 11) is 3.75. The van der Waals surface area contributed by atoms with Crippen molar-refractivity contribution in [3.63, 3.8) is 0 Å². The van der Waals surface area contributed by atoms with Crippen molar-refractivity contribution < 1.29 is 9.53 Å². The molecular weight excluding hydrogens is 300 g/mol. The Bertz CT molecular complexity index is 706. The minimum Gasteiger partial charge on any atom is -0.496 e. The van der Waals surface area contributed by atoms with Crippen LogP contribution in [0.4, 0.5) is 0 Å². The predicted molar refractivity (Wildman–Crippen MR) is 95.6 cm³/mol. The van der Waals surface area contributed by atoms with Gasteiger partial charge in [0.05, 0.1) is 12.7 Å². The molecule has 24 heavy (non-hydrogen) atoms. The zero-order chi connectivity index (χ0) is 16.9. The van der Waals surface area contributed by atoms with E-state index in [0.29, 0.717) is 16.9 Å². The first kappa shape index (κ1) is 16.7. The van der Waals surface area contributed by atoms with Crippen molar-refractivity contribution in [1.82, 2.24) is 9.80 Å². The molecule has 0 saturated carbocycles. The quantitative estimate of drug-likeness (QED) is 0.792. The lowest BCUT2D eigenvalue weighted by atomic mass is 10.0. The van der Waals surface area contributed by atoms with E-state index in [4.69, 9.17) is 4.74 Å². The Morgan fingerprint density at radius 3 is 2.54 bits per heavy atom. The van der Waals surface area contributed by atoms with Gasteiger partial charge in [-0.15, -0.1) is 0 Å². The average Bonchev–Trinajstić information content (AvgIpc) is 2.63. The Morgan fingerprint density at radius 2 is 1.79 bits per heavy atom. The number of carbonyl (C=O) groups excluding carboxylic acids is 1. The number of rotatable bonds is 5. The van der Waals surface area contributed by atoms with Crippen LogP contribution in [0.3, 0.4) is 0 Å². The standard InChI is InChI=1S/C20H24N2O2/c1-21-10-12-22(13-11-21)15-16-6-5-7-17(14-16)20(23)18-8-3-4-9-19(18)24-2/h3-9,14H,10-13,15H2,1-2H3. The Kier molecular flexibility index (Phi) is 5.28. The van der Waals surface area contributed by atoms with Crippen LogP contribution in [-0.4, -0.2) is 55.9 Å². The first-order valence-corrected chi connectivity index (χ1v) is 8.35. The summed E-state index contributed by atoms with van der Waals surface area (Å²) in [5.74, 6) is 0.625. The molecule has 2 aromatic carbocycles. The molecule has 4 heteroatoms. The lowest BCUT2D eigenvalue weighted by molar-refractivity contribution is 0.103. The number of nitrogens with zero attached hydrogens (tertiary/aromatic N) is 2. The highest BCUT2D eigenvalue weighted by atomic mass is 16.5. The maximum Gasteiger partial charge on any atom is 0.196 e. The monoisotopic (exact) mass is 324 g/mol. The first-order chi connectivity index (χ1) is 11.7. The molecule has 0 N–H and O–H groups in total. The molecule has 1 saturated heterocycles. The summed E-state index contributed by atoms with van der Waals surface area (Å²) in [5.41, 5.74) is 2.50. The lowest BCUT2D eigenvalue weighted by Crippen LogP contribution is -2.43. The topological polar surface area (TPSA) is 32.8 Å². The number of benzene rings is 2. The number of likely N-dealkylation sites (N-methyl/N-ethyl adjacent to an activating group) is 1. The lowest BCUT2D eigenvalue weighted by Gasteiger charge is -2.32. The van der Waals surface area contributed by atoms with Gasteiger partial charge in [-0.1, -0.05) is 30.3 Å². The summed E-state index contributed by atoms with van der Waals surface area (Å²) in [6.45, 7) is 5.23. The molecule has 0 bridgehead atoms. The SMILES string of the molecule is COc1ccccc1C(=O)c1cccc(CN2CCN(C)CC2)c1. The maximum absolute atomic E-state index is 12.8. The van der Waals surface area contributed by atoms with Gasteiger partial charge in [-0.25, -0.2) is 0 Å². The molecule has 0 spiro atoms. The van der Waals surface area contributed by atoms with E-state index < -0.39 is 0 Å². The highest BCUT2D eigenvalue weighted by Gasteiger charge is 2.16. The minimum atomic E-state index is 0.00711. The number of piperazine rings is 1. The van der Waals surface area contributed by atoms with Crippen molar-refractivity contribution in [1.29, 1.82) is 0 Å². The van der Waals surface area contributed by atoms with E-state index >= 15 is 0 Å². The van der Waals surface area contributed by atoms with E-state index in [1.54, 1.807) is 7.11 Å². The van der Waals surface area contributed by atoms with Gasteiger partial charge in [-0.05, 0) is 30.8 Å². The van der Waals surface area contributed by atoms with Crippen LogP contribution in [0.25, 0.3) is 0 Å². The van der Waals surface area contributed by atoms with Crippen molar-refractivity contribution in [2.45, 2.75) is 6.54 Å². The second-order valence-electron chi connectivity index (χ2n) is 6.31. The Hall–Kier alpha value is -2.17. The van der Waals surface area contributed by atoms with Crippen molar-refractivity contribution >= 4 is 5.78 Å². The van der Waals surface area contributed by atoms with Crippen molar-refractivity contribution in [3.8, 4) is 5.75 Å². The third kappa shape index (κ3) is 3.83. The molecule has 1 aliphatic rings. The largest absolute Gasteiger partial charge is 0.496 e. The second-order valence-corrected chi connectivity index (χ2v) is 6.31. The maximum atomic E-state index is 12.8. The van der Waals surface area contributed by atoms with E-state index in [9.17, 15) is 4.79 Å². The van der Waals surface area contributed by atoms with Crippen molar-refractivity contribution in [3.05, 3.63) is 65.2 Å². The Labute approximate surface area is 143 Å². The van der Waals surface area contributed by atoms with Crippen LogP contribution in [0.1, 0.15) is 21.5 Å². The molecule has 126 valence electrons. The van der Waals surface area contributed by atoms with Gasteiger partial charge >= 0.3 is 0 Å². The third-order valence-electron chi connectivity index (χ3n) is 4.54. The van der Waals surface area contributed by atoms with Crippen molar-refractivity contribution in [2.24, 2.45) is 0 Å². The van der Waals surface area contributed by atoms with E-state index in [1.165, 1.54) is 5.56 Å². The molecule has 0 radical (unpaired) electrons.